The standard InChI is InChI=1S/C21H29NO3/c1-2-17-13-20(23)22(14-16-9-5-3-6-10-16)15-19(17)21(24)25-18-11-7-4-8-12-18/h3,5-6,9-10,17-19H,2,4,7-8,11-15H2,1H3. The van der Waals surface area contributed by atoms with Gasteiger partial charge in [-0.15, -0.1) is 0 Å². The molecule has 2 fully saturated rings. The van der Waals surface area contributed by atoms with Crippen molar-refractivity contribution in [2.24, 2.45) is 11.8 Å². The van der Waals surface area contributed by atoms with E-state index >= 15 is 0 Å². The van der Waals surface area contributed by atoms with Crippen LogP contribution in [0.1, 0.15) is 57.4 Å². The molecule has 25 heavy (non-hydrogen) atoms. The molecule has 2 aliphatic rings. The number of hydrogen-bond donors (Lipinski definition) is 0. The van der Waals surface area contributed by atoms with Crippen LogP contribution in [0.15, 0.2) is 30.3 Å². The second-order valence-electron chi connectivity index (χ2n) is 7.44. The van der Waals surface area contributed by atoms with Gasteiger partial charge in [0.1, 0.15) is 6.10 Å². The zero-order valence-corrected chi connectivity index (χ0v) is 15.2. The van der Waals surface area contributed by atoms with Crippen LogP contribution >= 0.6 is 0 Å². The molecule has 2 unspecified atom stereocenters. The quantitative estimate of drug-likeness (QED) is 0.761. The first-order valence-corrected chi connectivity index (χ1v) is 9.69. The normalized spacial score (nSPS) is 25.0. The third-order valence-electron chi connectivity index (χ3n) is 5.65. The molecule has 2 atom stereocenters. The highest BCUT2D eigenvalue weighted by molar-refractivity contribution is 5.82. The maximum absolute atomic E-state index is 12.8. The maximum Gasteiger partial charge on any atom is 0.311 e. The lowest BCUT2D eigenvalue weighted by atomic mass is 9.83. The minimum Gasteiger partial charge on any atom is -0.462 e. The zero-order valence-electron chi connectivity index (χ0n) is 15.2. The van der Waals surface area contributed by atoms with Crippen molar-refractivity contribution in [2.45, 2.75) is 64.5 Å². The summed E-state index contributed by atoms with van der Waals surface area (Å²) in [5, 5.41) is 0. The van der Waals surface area contributed by atoms with Gasteiger partial charge in [-0.3, -0.25) is 9.59 Å². The monoisotopic (exact) mass is 343 g/mol. The van der Waals surface area contributed by atoms with E-state index in [0.717, 1.165) is 37.7 Å². The van der Waals surface area contributed by atoms with Gasteiger partial charge in [-0.1, -0.05) is 50.1 Å². The molecule has 0 spiro atoms. The van der Waals surface area contributed by atoms with Crippen LogP contribution in [0, 0.1) is 11.8 Å². The van der Waals surface area contributed by atoms with Gasteiger partial charge in [0.15, 0.2) is 0 Å². The topological polar surface area (TPSA) is 46.6 Å². The first-order chi connectivity index (χ1) is 12.2. The molecule has 1 heterocycles. The largest absolute Gasteiger partial charge is 0.462 e. The molecule has 0 radical (unpaired) electrons. The van der Waals surface area contributed by atoms with E-state index in [-0.39, 0.29) is 29.8 Å². The molecule has 3 rings (SSSR count). The number of hydrogen-bond acceptors (Lipinski definition) is 3. The number of esters is 1. The van der Waals surface area contributed by atoms with Crippen LogP contribution in [0.2, 0.25) is 0 Å². The van der Waals surface area contributed by atoms with Crippen LogP contribution in [0.5, 0.6) is 0 Å². The first kappa shape index (κ1) is 18.0. The highest BCUT2D eigenvalue weighted by atomic mass is 16.5. The SMILES string of the molecule is CCC1CC(=O)N(Cc2ccccc2)CC1C(=O)OC1CCCCC1. The van der Waals surface area contributed by atoms with Gasteiger partial charge in [0.05, 0.1) is 5.92 Å². The van der Waals surface area contributed by atoms with Gasteiger partial charge in [-0.25, -0.2) is 0 Å². The molecule has 1 aromatic carbocycles. The molecule has 1 aliphatic carbocycles. The number of carbonyl (C=O) groups excluding carboxylic acids is 2. The number of nitrogens with zero attached hydrogens (tertiary/aromatic N) is 1. The van der Waals surface area contributed by atoms with Gasteiger partial charge in [0.25, 0.3) is 0 Å². The Bertz CT molecular complexity index is 580. The van der Waals surface area contributed by atoms with E-state index in [0.29, 0.717) is 19.5 Å². The van der Waals surface area contributed by atoms with E-state index in [2.05, 4.69) is 6.92 Å². The van der Waals surface area contributed by atoms with Crippen LogP contribution in [-0.4, -0.2) is 29.4 Å². The second kappa shape index (κ2) is 8.50. The number of rotatable bonds is 5. The van der Waals surface area contributed by atoms with Crippen molar-refractivity contribution in [1.82, 2.24) is 4.90 Å². The van der Waals surface area contributed by atoms with E-state index in [1.165, 1.54) is 6.42 Å². The average molecular weight is 343 g/mol. The van der Waals surface area contributed by atoms with Crippen molar-refractivity contribution in [2.75, 3.05) is 6.54 Å². The molecule has 1 aromatic rings. The maximum atomic E-state index is 12.8. The molecule has 1 saturated carbocycles. The lowest BCUT2D eigenvalue weighted by Crippen LogP contribution is -2.47. The van der Waals surface area contributed by atoms with Crippen LogP contribution < -0.4 is 0 Å². The Morgan fingerprint density at radius 3 is 2.56 bits per heavy atom. The minimum absolute atomic E-state index is 0.0824. The summed E-state index contributed by atoms with van der Waals surface area (Å²) in [6.45, 7) is 3.12. The van der Waals surface area contributed by atoms with Gasteiger partial charge < -0.3 is 9.64 Å². The molecule has 1 saturated heterocycles. The predicted molar refractivity (Wildman–Crippen MR) is 96.7 cm³/mol. The summed E-state index contributed by atoms with van der Waals surface area (Å²) in [6.07, 6.45) is 6.90. The van der Waals surface area contributed by atoms with Crippen molar-refractivity contribution in [3.8, 4) is 0 Å². The number of amides is 1. The summed E-state index contributed by atoms with van der Waals surface area (Å²) in [7, 11) is 0. The molecule has 1 amide bonds. The number of likely N-dealkylation sites (tertiary alicyclic amines) is 1. The van der Waals surface area contributed by atoms with Crippen LogP contribution in [-0.2, 0) is 20.9 Å². The Balaban J connectivity index is 1.65. The summed E-state index contributed by atoms with van der Waals surface area (Å²) in [4.78, 5) is 27.1. The highest BCUT2D eigenvalue weighted by Crippen LogP contribution is 2.31. The highest BCUT2D eigenvalue weighted by Gasteiger charge is 2.39. The van der Waals surface area contributed by atoms with E-state index in [1.807, 2.05) is 35.2 Å². The van der Waals surface area contributed by atoms with E-state index in [4.69, 9.17) is 4.74 Å². The fourth-order valence-electron chi connectivity index (χ4n) is 4.07. The van der Waals surface area contributed by atoms with Gasteiger partial charge in [0, 0.05) is 19.5 Å². The van der Waals surface area contributed by atoms with Crippen molar-refractivity contribution >= 4 is 11.9 Å². The number of piperidine rings is 1. The second-order valence-corrected chi connectivity index (χ2v) is 7.44. The van der Waals surface area contributed by atoms with Gasteiger partial charge in [0.2, 0.25) is 5.91 Å². The fraction of sp³-hybridized carbons (Fsp3) is 0.619. The Hall–Kier alpha value is -1.84. The summed E-state index contributed by atoms with van der Waals surface area (Å²) < 4.78 is 5.82. The smallest absolute Gasteiger partial charge is 0.311 e. The van der Waals surface area contributed by atoms with Gasteiger partial charge in [-0.05, 0) is 37.2 Å². The third kappa shape index (κ3) is 4.62. The molecule has 4 heteroatoms. The summed E-state index contributed by atoms with van der Waals surface area (Å²) in [5.41, 5.74) is 1.10. The zero-order chi connectivity index (χ0) is 17.6. The Kier molecular flexibility index (Phi) is 6.11. The van der Waals surface area contributed by atoms with Crippen LogP contribution in [0.3, 0.4) is 0 Å². The predicted octanol–water partition coefficient (Wildman–Crippen LogP) is 3.94. The lowest BCUT2D eigenvalue weighted by Gasteiger charge is -2.37. The lowest BCUT2D eigenvalue weighted by molar-refractivity contribution is -0.162. The number of benzene rings is 1. The van der Waals surface area contributed by atoms with Gasteiger partial charge >= 0.3 is 5.97 Å². The molecule has 0 bridgehead atoms. The molecule has 136 valence electrons. The van der Waals surface area contributed by atoms with Crippen LogP contribution in [0.4, 0.5) is 0 Å². The Morgan fingerprint density at radius 2 is 1.88 bits per heavy atom. The van der Waals surface area contributed by atoms with E-state index < -0.39 is 0 Å². The minimum atomic E-state index is -0.187. The molecule has 0 aromatic heterocycles. The molecule has 0 N–H and O–H groups in total. The average Bonchev–Trinajstić information content (AvgIpc) is 2.64. The summed E-state index contributed by atoms with van der Waals surface area (Å²) >= 11 is 0. The molecule has 1 aliphatic heterocycles. The Morgan fingerprint density at radius 1 is 1.16 bits per heavy atom. The van der Waals surface area contributed by atoms with Crippen LogP contribution in [0.25, 0.3) is 0 Å². The first-order valence-electron chi connectivity index (χ1n) is 9.69. The third-order valence-corrected chi connectivity index (χ3v) is 5.65. The van der Waals surface area contributed by atoms with Gasteiger partial charge in [-0.2, -0.15) is 0 Å². The van der Waals surface area contributed by atoms with Crippen molar-refractivity contribution in [3.05, 3.63) is 35.9 Å². The molecular formula is C21H29NO3. The summed E-state index contributed by atoms with van der Waals surface area (Å²) in [5.74, 6) is -0.0225. The van der Waals surface area contributed by atoms with E-state index in [1.54, 1.807) is 0 Å². The summed E-state index contributed by atoms with van der Waals surface area (Å²) in [6, 6.07) is 9.98. The molecule has 4 nitrogen and oxygen atoms in total. The fourth-order valence-corrected chi connectivity index (χ4v) is 4.07. The van der Waals surface area contributed by atoms with E-state index in [9.17, 15) is 9.59 Å². The molecular weight excluding hydrogens is 314 g/mol. The van der Waals surface area contributed by atoms with Crippen molar-refractivity contribution in [1.29, 1.82) is 0 Å². The van der Waals surface area contributed by atoms with Crippen molar-refractivity contribution in [3.63, 3.8) is 0 Å². The number of carbonyl (C=O) groups is 2. The van der Waals surface area contributed by atoms with Crippen molar-refractivity contribution < 1.29 is 14.3 Å². The number of ether oxygens (including phenoxy) is 1. The Labute approximate surface area is 150 Å².